The van der Waals surface area contributed by atoms with Crippen LogP contribution >= 0.6 is 0 Å². The monoisotopic (exact) mass is 307 g/mol. The Morgan fingerprint density at radius 1 is 0.957 bits per heavy atom. The number of benzene rings is 2. The lowest BCUT2D eigenvalue weighted by atomic mass is 10.0. The highest BCUT2D eigenvalue weighted by atomic mass is 15.2. The van der Waals surface area contributed by atoms with E-state index in [4.69, 9.17) is 0 Å². The molecule has 2 aromatic rings. The first-order valence-electron chi connectivity index (χ1n) is 8.78. The Morgan fingerprint density at radius 2 is 1.78 bits per heavy atom. The van der Waals surface area contributed by atoms with Gasteiger partial charge in [0.2, 0.25) is 0 Å². The first kappa shape index (κ1) is 14.6. The van der Waals surface area contributed by atoms with E-state index in [1.165, 1.54) is 35.3 Å². The van der Waals surface area contributed by atoms with Crippen LogP contribution in [0.25, 0.3) is 0 Å². The van der Waals surface area contributed by atoms with Crippen molar-refractivity contribution < 1.29 is 0 Å². The van der Waals surface area contributed by atoms with E-state index in [9.17, 15) is 0 Å². The molecule has 0 amide bonds. The van der Waals surface area contributed by atoms with Crippen LogP contribution in [-0.2, 0) is 13.0 Å². The highest BCUT2D eigenvalue weighted by Crippen LogP contribution is 2.30. The molecule has 0 spiro atoms. The Labute approximate surface area is 138 Å². The molecule has 0 bridgehead atoms. The van der Waals surface area contributed by atoms with Gasteiger partial charge in [0.25, 0.3) is 0 Å². The zero-order chi connectivity index (χ0) is 15.5. The number of nitrogens with one attached hydrogen (secondary N) is 2. The van der Waals surface area contributed by atoms with Crippen LogP contribution in [0, 0.1) is 0 Å². The minimum Gasteiger partial charge on any atom is -0.384 e. The Hall–Kier alpha value is -2.00. The predicted molar refractivity (Wildman–Crippen MR) is 97.2 cm³/mol. The minimum absolute atomic E-state index is 0.629. The normalized spacial score (nSPS) is 17.6. The topological polar surface area (TPSA) is 27.3 Å². The van der Waals surface area contributed by atoms with Gasteiger partial charge in [0.15, 0.2) is 0 Å². The summed E-state index contributed by atoms with van der Waals surface area (Å²) in [5.41, 5.74) is 5.56. The summed E-state index contributed by atoms with van der Waals surface area (Å²) in [6, 6.07) is 18.4. The van der Waals surface area contributed by atoms with Gasteiger partial charge in [0, 0.05) is 30.5 Å². The van der Waals surface area contributed by atoms with E-state index < -0.39 is 0 Å². The number of hydrogen-bond donors (Lipinski definition) is 2. The highest BCUT2D eigenvalue weighted by molar-refractivity contribution is 5.63. The molecule has 2 N–H and O–H groups in total. The summed E-state index contributed by atoms with van der Waals surface area (Å²) in [5, 5.41) is 6.96. The quantitative estimate of drug-likeness (QED) is 0.906. The maximum absolute atomic E-state index is 3.49. The van der Waals surface area contributed by atoms with Crippen molar-refractivity contribution in [1.82, 2.24) is 5.32 Å². The fourth-order valence-electron chi connectivity index (χ4n) is 3.80. The second-order valence-corrected chi connectivity index (χ2v) is 6.61. The lowest BCUT2D eigenvalue weighted by Gasteiger charge is -2.37. The van der Waals surface area contributed by atoms with E-state index in [1.54, 1.807) is 0 Å². The largest absolute Gasteiger partial charge is 0.384 e. The Balaban J connectivity index is 1.63. The predicted octanol–water partition coefficient (Wildman–Crippen LogP) is 3.41. The lowest BCUT2D eigenvalue weighted by Crippen LogP contribution is -2.43. The van der Waals surface area contributed by atoms with Crippen LogP contribution in [0.4, 0.5) is 11.4 Å². The average molecular weight is 307 g/mol. The summed E-state index contributed by atoms with van der Waals surface area (Å²) in [5.74, 6) is 0. The number of piperidine rings is 1. The highest BCUT2D eigenvalue weighted by Gasteiger charge is 2.22. The van der Waals surface area contributed by atoms with Gasteiger partial charge < -0.3 is 15.5 Å². The van der Waals surface area contributed by atoms with Gasteiger partial charge in [-0.2, -0.15) is 0 Å². The van der Waals surface area contributed by atoms with Crippen LogP contribution in [0.2, 0.25) is 0 Å². The Kier molecular flexibility index (Phi) is 4.20. The van der Waals surface area contributed by atoms with Crippen molar-refractivity contribution in [3.8, 4) is 0 Å². The van der Waals surface area contributed by atoms with E-state index in [-0.39, 0.29) is 0 Å². The van der Waals surface area contributed by atoms with Crippen LogP contribution in [0.15, 0.2) is 48.5 Å². The van der Waals surface area contributed by atoms with Crippen molar-refractivity contribution in [2.75, 3.05) is 29.9 Å². The molecule has 3 nitrogen and oxygen atoms in total. The molecule has 1 fully saturated rings. The van der Waals surface area contributed by atoms with Crippen molar-refractivity contribution in [2.24, 2.45) is 0 Å². The average Bonchev–Trinajstić information content (AvgIpc) is 3.09. The summed E-state index contributed by atoms with van der Waals surface area (Å²) < 4.78 is 0. The molecule has 120 valence electrons. The van der Waals surface area contributed by atoms with Gasteiger partial charge >= 0.3 is 0 Å². The standard InChI is InChI=1S/C20H25N3/c1-2-4-16(5-3-1)15-23(18-9-11-21-12-10-18)19-6-7-20-17(14-19)8-13-22-20/h1-7,14,18,21-22H,8-13,15H2. The number of anilines is 2. The molecule has 2 aliphatic heterocycles. The number of rotatable bonds is 4. The second kappa shape index (κ2) is 6.63. The number of hydrogen-bond acceptors (Lipinski definition) is 3. The van der Waals surface area contributed by atoms with Crippen molar-refractivity contribution in [2.45, 2.75) is 31.8 Å². The fraction of sp³-hybridized carbons (Fsp3) is 0.400. The molecule has 4 rings (SSSR count). The number of nitrogens with zero attached hydrogens (tertiary/aromatic N) is 1. The first-order chi connectivity index (χ1) is 11.4. The SMILES string of the molecule is c1ccc(CN(c2ccc3c(c2)CCN3)C2CCNCC2)cc1. The molecule has 1 saturated heterocycles. The van der Waals surface area contributed by atoms with Crippen LogP contribution in [-0.4, -0.2) is 25.7 Å². The summed E-state index contributed by atoms with van der Waals surface area (Å²) in [6.45, 7) is 4.33. The molecular weight excluding hydrogens is 282 g/mol. The van der Waals surface area contributed by atoms with Gasteiger partial charge in [0.05, 0.1) is 0 Å². The molecule has 0 aromatic heterocycles. The number of fused-ring (bicyclic) bond motifs is 1. The maximum Gasteiger partial charge on any atom is 0.0432 e. The van der Waals surface area contributed by atoms with Gasteiger partial charge in [0.1, 0.15) is 0 Å². The molecule has 0 saturated carbocycles. The molecule has 0 radical (unpaired) electrons. The van der Waals surface area contributed by atoms with Gasteiger partial charge in [-0.25, -0.2) is 0 Å². The van der Waals surface area contributed by atoms with Crippen molar-refractivity contribution in [3.05, 3.63) is 59.7 Å². The zero-order valence-corrected chi connectivity index (χ0v) is 13.6. The van der Waals surface area contributed by atoms with Crippen LogP contribution < -0.4 is 15.5 Å². The Bertz CT molecular complexity index is 647. The van der Waals surface area contributed by atoms with Crippen LogP contribution in [0.3, 0.4) is 0 Å². The first-order valence-corrected chi connectivity index (χ1v) is 8.78. The van der Waals surface area contributed by atoms with Gasteiger partial charge in [-0.15, -0.1) is 0 Å². The third kappa shape index (κ3) is 3.20. The molecule has 0 atom stereocenters. The molecule has 2 heterocycles. The van der Waals surface area contributed by atoms with E-state index in [0.29, 0.717) is 6.04 Å². The zero-order valence-electron chi connectivity index (χ0n) is 13.6. The molecule has 2 aromatic carbocycles. The van der Waals surface area contributed by atoms with Crippen molar-refractivity contribution in [3.63, 3.8) is 0 Å². The molecule has 0 unspecified atom stereocenters. The van der Waals surface area contributed by atoms with E-state index in [2.05, 4.69) is 64.1 Å². The van der Waals surface area contributed by atoms with Gasteiger partial charge in [-0.3, -0.25) is 0 Å². The summed E-state index contributed by atoms with van der Waals surface area (Å²) in [6.07, 6.45) is 3.60. The molecular formula is C20H25N3. The summed E-state index contributed by atoms with van der Waals surface area (Å²) in [7, 11) is 0. The second-order valence-electron chi connectivity index (χ2n) is 6.61. The molecule has 2 aliphatic rings. The van der Waals surface area contributed by atoms with Gasteiger partial charge in [-0.1, -0.05) is 30.3 Å². The van der Waals surface area contributed by atoms with Crippen LogP contribution in [0.5, 0.6) is 0 Å². The summed E-state index contributed by atoms with van der Waals surface area (Å²) in [4.78, 5) is 2.62. The third-order valence-corrected chi connectivity index (χ3v) is 5.08. The van der Waals surface area contributed by atoms with E-state index in [1.807, 2.05) is 0 Å². The van der Waals surface area contributed by atoms with E-state index in [0.717, 1.165) is 32.6 Å². The summed E-state index contributed by atoms with van der Waals surface area (Å²) >= 11 is 0. The lowest BCUT2D eigenvalue weighted by molar-refractivity contribution is 0.428. The van der Waals surface area contributed by atoms with Crippen molar-refractivity contribution in [1.29, 1.82) is 0 Å². The molecule has 3 heteroatoms. The Morgan fingerprint density at radius 3 is 2.61 bits per heavy atom. The molecule has 23 heavy (non-hydrogen) atoms. The smallest absolute Gasteiger partial charge is 0.0432 e. The van der Waals surface area contributed by atoms with Crippen molar-refractivity contribution >= 4 is 11.4 Å². The fourth-order valence-corrected chi connectivity index (χ4v) is 3.80. The maximum atomic E-state index is 3.49. The van der Waals surface area contributed by atoms with Crippen LogP contribution in [0.1, 0.15) is 24.0 Å². The van der Waals surface area contributed by atoms with Gasteiger partial charge in [-0.05, 0) is 61.7 Å². The third-order valence-electron chi connectivity index (χ3n) is 5.08. The minimum atomic E-state index is 0.629. The van der Waals surface area contributed by atoms with E-state index >= 15 is 0 Å². The molecule has 0 aliphatic carbocycles.